The third-order valence-electron chi connectivity index (χ3n) is 5.02. The van der Waals surface area contributed by atoms with E-state index in [0.717, 1.165) is 22.6 Å². The summed E-state index contributed by atoms with van der Waals surface area (Å²) in [6.45, 7) is 8.10. The fourth-order valence-corrected chi connectivity index (χ4v) is 4.27. The van der Waals surface area contributed by atoms with E-state index in [1.807, 2.05) is 76.2 Å². The number of hydrogen-bond acceptors (Lipinski definition) is 5. The number of methoxy groups -OCH3 is 2. The molecule has 1 N–H and O–H groups in total. The SMILES string of the molecule is CC[C@@H](C(=O)NC(C)(C)C)N(Cc1cccc(OC)c1)C(=O)CSCc1ccc(OC)cc1. The Hall–Kier alpha value is -2.67. The number of carbonyl (C=O) groups is 2. The van der Waals surface area contributed by atoms with Crippen LogP contribution in [-0.2, 0) is 21.9 Å². The van der Waals surface area contributed by atoms with Crippen LogP contribution >= 0.6 is 11.8 Å². The van der Waals surface area contributed by atoms with Crippen LogP contribution in [0.1, 0.15) is 45.2 Å². The van der Waals surface area contributed by atoms with Crippen LogP contribution in [0.25, 0.3) is 0 Å². The average Bonchev–Trinajstić information content (AvgIpc) is 2.78. The highest BCUT2D eigenvalue weighted by atomic mass is 32.2. The molecular weight excluding hydrogens is 436 g/mol. The molecule has 0 saturated carbocycles. The molecule has 2 rings (SSSR count). The van der Waals surface area contributed by atoms with Gasteiger partial charge in [0.05, 0.1) is 20.0 Å². The van der Waals surface area contributed by atoms with Gasteiger partial charge in [-0.05, 0) is 62.6 Å². The molecule has 0 bridgehead atoms. The Labute approximate surface area is 202 Å². The highest BCUT2D eigenvalue weighted by Crippen LogP contribution is 2.21. The van der Waals surface area contributed by atoms with Crippen LogP contribution in [-0.4, -0.2) is 48.3 Å². The monoisotopic (exact) mass is 472 g/mol. The van der Waals surface area contributed by atoms with Gasteiger partial charge in [-0.3, -0.25) is 9.59 Å². The number of carbonyl (C=O) groups excluding carboxylic acids is 2. The van der Waals surface area contributed by atoms with Crippen molar-refractivity contribution in [1.29, 1.82) is 0 Å². The van der Waals surface area contributed by atoms with E-state index in [4.69, 9.17) is 9.47 Å². The van der Waals surface area contributed by atoms with Gasteiger partial charge in [0.15, 0.2) is 0 Å². The molecule has 2 amide bonds. The van der Waals surface area contributed by atoms with Crippen molar-refractivity contribution in [2.75, 3.05) is 20.0 Å². The predicted octanol–water partition coefficient (Wildman–Crippen LogP) is 4.66. The first-order valence-corrected chi connectivity index (χ1v) is 12.3. The molecule has 0 radical (unpaired) electrons. The number of nitrogens with one attached hydrogen (secondary N) is 1. The minimum absolute atomic E-state index is 0.0627. The van der Waals surface area contributed by atoms with E-state index in [9.17, 15) is 9.59 Å². The number of nitrogens with zero attached hydrogens (tertiary/aromatic N) is 1. The zero-order valence-corrected chi connectivity index (χ0v) is 21.3. The lowest BCUT2D eigenvalue weighted by Crippen LogP contribution is -2.53. The minimum Gasteiger partial charge on any atom is -0.497 e. The smallest absolute Gasteiger partial charge is 0.243 e. The first kappa shape index (κ1) is 26.6. The minimum atomic E-state index is -0.551. The Morgan fingerprint density at radius 3 is 2.24 bits per heavy atom. The van der Waals surface area contributed by atoms with Gasteiger partial charge in [-0.2, -0.15) is 0 Å². The summed E-state index contributed by atoms with van der Waals surface area (Å²) in [7, 11) is 3.25. The Morgan fingerprint density at radius 1 is 1.00 bits per heavy atom. The molecule has 1 atom stereocenters. The number of rotatable bonds is 11. The normalized spacial score (nSPS) is 12.1. The number of ether oxygens (including phenoxy) is 2. The molecule has 2 aromatic rings. The van der Waals surface area contributed by atoms with Crippen LogP contribution in [0.5, 0.6) is 11.5 Å². The van der Waals surface area contributed by atoms with E-state index < -0.39 is 6.04 Å². The highest BCUT2D eigenvalue weighted by molar-refractivity contribution is 7.99. The van der Waals surface area contributed by atoms with Crippen molar-refractivity contribution >= 4 is 23.6 Å². The maximum atomic E-state index is 13.3. The van der Waals surface area contributed by atoms with Gasteiger partial charge in [0.2, 0.25) is 11.8 Å². The first-order valence-electron chi connectivity index (χ1n) is 11.1. The predicted molar refractivity (Wildman–Crippen MR) is 135 cm³/mol. The van der Waals surface area contributed by atoms with Crippen LogP contribution in [0.3, 0.4) is 0 Å². The van der Waals surface area contributed by atoms with Gasteiger partial charge in [0, 0.05) is 17.8 Å². The van der Waals surface area contributed by atoms with Crippen molar-refractivity contribution in [3.63, 3.8) is 0 Å². The molecule has 0 saturated heterocycles. The van der Waals surface area contributed by atoms with Gasteiger partial charge in [-0.25, -0.2) is 0 Å². The second kappa shape index (κ2) is 12.5. The summed E-state index contributed by atoms with van der Waals surface area (Å²) in [5.74, 6) is 2.32. The zero-order valence-electron chi connectivity index (χ0n) is 20.5. The van der Waals surface area contributed by atoms with Crippen molar-refractivity contribution in [3.05, 3.63) is 59.7 Å². The van der Waals surface area contributed by atoms with E-state index >= 15 is 0 Å². The summed E-state index contributed by atoms with van der Waals surface area (Å²) in [5, 5.41) is 3.03. The van der Waals surface area contributed by atoms with Gasteiger partial charge >= 0.3 is 0 Å². The van der Waals surface area contributed by atoms with E-state index in [2.05, 4.69) is 5.32 Å². The molecule has 0 unspecified atom stereocenters. The Morgan fingerprint density at radius 2 is 1.67 bits per heavy atom. The van der Waals surface area contributed by atoms with E-state index in [-0.39, 0.29) is 23.1 Å². The molecule has 0 aliphatic carbocycles. The second-order valence-electron chi connectivity index (χ2n) is 8.88. The molecule has 6 nitrogen and oxygen atoms in total. The third kappa shape index (κ3) is 8.65. The van der Waals surface area contributed by atoms with Crippen LogP contribution in [0.4, 0.5) is 0 Å². The summed E-state index contributed by atoms with van der Waals surface area (Å²) >= 11 is 1.54. The molecule has 2 aromatic carbocycles. The van der Waals surface area contributed by atoms with Crippen molar-refractivity contribution in [3.8, 4) is 11.5 Å². The van der Waals surface area contributed by atoms with E-state index in [0.29, 0.717) is 18.7 Å². The summed E-state index contributed by atoms with van der Waals surface area (Å²) in [4.78, 5) is 28.1. The first-order chi connectivity index (χ1) is 15.7. The zero-order chi connectivity index (χ0) is 24.4. The second-order valence-corrected chi connectivity index (χ2v) is 9.86. The molecule has 180 valence electrons. The van der Waals surface area contributed by atoms with Crippen molar-refractivity contribution in [2.45, 2.75) is 58.0 Å². The van der Waals surface area contributed by atoms with Crippen LogP contribution in [0.2, 0.25) is 0 Å². The Kier molecular flexibility index (Phi) is 10.1. The number of hydrogen-bond donors (Lipinski definition) is 1. The lowest BCUT2D eigenvalue weighted by atomic mass is 10.1. The lowest BCUT2D eigenvalue weighted by molar-refractivity contribution is -0.140. The van der Waals surface area contributed by atoms with E-state index in [1.54, 1.807) is 19.1 Å². The topological polar surface area (TPSA) is 67.9 Å². The summed E-state index contributed by atoms with van der Waals surface area (Å²) < 4.78 is 10.5. The van der Waals surface area contributed by atoms with Crippen LogP contribution in [0.15, 0.2) is 48.5 Å². The fourth-order valence-electron chi connectivity index (χ4n) is 3.40. The Bertz CT molecular complexity index is 909. The van der Waals surface area contributed by atoms with Gasteiger partial charge in [0.1, 0.15) is 17.5 Å². The van der Waals surface area contributed by atoms with Gasteiger partial charge in [0.25, 0.3) is 0 Å². The van der Waals surface area contributed by atoms with Gasteiger partial charge in [-0.15, -0.1) is 11.8 Å². The largest absolute Gasteiger partial charge is 0.497 e. The summed E-state index contributed by atoms with van der Waals surface area (Å²) in [6.07, 6.45) is 0.529. The number of thioether (sulfide) groups is 1. The highest BCUT2D eigenvalue weighted by Gasteiger charge is 2.30. The van der Waals surface area contributed by atoms with E-state index in [1.165, 1.54) is 11.8 Å². The molecule has 0 aliphatic rings. The molecule has 7 heteroatoms. The molecule has 33 heavy (non-hydrogen) atoms. The summed E-state index contributed by atoms with van der Waals surface area (Å²) in [6, 6.07) is 14.9. The Balaban J connectivity index is 2.16. The van der Waals surface area contributed by atoms with Crippen molar-refractivity contribution < 1.29 is 19.1 Å². The lowest BCUT2D eigenvalue weighted by Gasteiger charge is -2.33. The van der Waals surface area contributed by atoms with Crippen molar-refractivity contribution in [2.24, 2.45) is 0 Å². The maximum absolute atomic E-state index is 13.3. The third-order valence-corrected chi connectivity index (χ3v) is 6.01. The van der Waals surface area contributed by atoms with Crippen molar-refractivity contribution in [1.82, 2.24) is 10.2 Å². The average molecular weight is 473 g/mol. The molecule has 0 aromatic heterocycles. The number of amides is 2. The molecule has 0 fully saturated rings. The maximum Gasteiger partial charge on any atom is 0.243 e. The standard InChI is InChI=1S/C26H36N2O4S/c1-7-23(25(30)27-26(2,3)4)28(16-20-9-8-10-22(15-20)32-6)24(29)18-33-17-19-11-13-21(31-5)14-12-19/h8-15,23H,7,16-18H2,1-6H3,(H,27,30)/t23-/m0/s1. The quantitative estimate of drug-likeness (QED) is 0.515. The number of benzene rings is 2. The summed E-state index contributed by atoms with van der Waals surface area (Å²) in [5.41, 5.74) is 1.66. The van der Waals surface area contributed by atoms with Gasteiger partial charge < -0.3 is 19.7 Å². The molecule has 0 spiro atoms. The molecule has 0 aliphatic heterocycles. The molecule has 0 heterocycles. The fraction of sp³-hybridized carbons (Fsp3) is 0.462. The van der Waals surface area contributed by atoms with Crippen LogP contribution < -0.4 is 14.8 Å². The van der Waals surface area contributed by atoms with Gasteiger partial charge in [-0.1, -0.05) is 31.2 Å². The molecular formula is C26H36N2O4S. The van der Waals surface area contributed by atoms with Crippen LogP contribution in [0, 0.1) is 0 Å².